The highest BCUT2D eigenvalue weighted by molar-refractivity contribution is 14.1. The minimum absolute atomic E-state index is 0.540. The van der Waals surface area contributed by atoms with Crippen molar-refractivity contribution in [1.29, 1.82) is 0 Å². The third-order valence-corrected chi connectivity index (χ3v) is 5.37. The van der Waals surface area contributed by atoms with Gasteiger partial charge in [0.25, 0.3) is 0 Å². The molecule has 1 aromatic heterocycles. The standard InChI is InChI=1S/C14H20IN3/c1-8-2-4-10(5-3-8)14-17-12(9-6-7-9)11(15)13(16)18-14/h8-10H,2-7H2,1H3,(H2,16,17,18). The van der Waals surface area contributed by atoms with Crippen molar-refractivity contribution in [3.8, 4) is 0 Å². The molecular weight excluding hydrogens is 337 g/mol. The highest BCUT2D eigenvalue weighted by atomic mass is 127. The molecule has 0 saturated heterocycles. The number of halogens is 1. The van der Waals surface area contributed by atoms with Gasteiger partial charge in [0.1, 0.15) is 11.6 Å². The first-order valence-corrected chi connectivity index (χ1v) is 8.06. The van der Waals surface area contributed by atoms with Crippen molar-refractivity contribution < 1.29 is 0 Å². The predicted octanol–water partition coefficient (Wildman–Crippen LogP) is 3.83. The van der Waals surface area contributed by atoms with Crippen LogP contribution in [0.3, 0.4) is 0 Å². The van der Waals surface area contributed by atoms with Crippen LogP contribution in [0.25, 0.3) is 0 Å². The van der Waals surface area contributed by atoms with E-state index in [0.717, 1.165) is 15.3 Å². The zero-order valence-corrected chi connectivity index (χ0v) is 13.0. The third kappa shape index (κ3) is 2.49. The van der Waals surface area contributed by atoms with Crippen LogP contribution in [0.2, 0.25) is 0 Å². The molecule has 2 saturated carbocycles. The van der Waals surface area contributed by atoms with E-state index in [4.69, 9.17) is 10.7 Å². The second-order valence-corrected chi connectivity index (χ2v) is 6.98. The lowest BCUT2D eigenvalue weighted by Crippen LogP contribution is -2.16. The number of aromatic nitrogens is 2. The molecule has 0 aromatic carbocycles. The summed E-state index contributed by atoms with van der Waals surface area (Å²) in [5, 5.41) is 0. The van der Waals surface area contributed by atoms with Crippen LogP contribution in [0, 0.1) is 9.49 Å². The van der Waals surface area contributed by atoms with Gasteiger partial charge in [-0.2, -0.15) is 0 Å². The van der Waals surface area contributed by atoms with E-state index in [2.05, 4.69) is 34.5 Å². The fourth-order valence-electron chi connectivity index (χ4n) is 2.83. The van der Waals surface area contributed by atoms with E-state index in [-0.39, 0.29) is 0 Å². The summed E-state index contributed by atoms with van der Waals surface area (Å²) in [6.45, 7) is 2.34. The summed E-state index contributed by atoms with van der Waals surface area (Å²) in [5.41, 5.74) is 7.28. The van der Waals surface area contributed by atoms with Gasteiger partial charge in [-0.15, -0.1) is 0 Å². The zero-order chi connectivity index (χ0) is 12.7. The van der Waals surface area contributed by atoms with Gasteiger partial charge in [-0.1, -0.05) is 19.8 Å². The summed E-state index contributed by atoms with van der Waals surface area (Å²) in [6, 6.07) is 0. The second-order valence-electron chi connectivity index (χ2n) is 5.90. The van der Waals surface area contributed by atoms with Crippen LogP contribution in [0.5, 0.6) is 0 Å². The SMILES string of the molecule is CC1CCC(c2nc(N)c(I)c(C3CC3)n2)CC1. The van der Waals surface area contributed by atoms with Crippen molar-refractivity contribution in [2.45, 2.75) is 57.3 Å². The minimum Gasteiger partial charge on any atom is -0.383 e. The van der Waals surface area contributed by atoms with E-state index < -0.39 is 0 Å². The quantitative estimate of drug-likeness (QED) is 0.819. The Kier molecular flexibility index (Phi) is 3.47. The smallest absolute Gasteiger partial charge is 0.140 e. The van der Waals surface area contributed by atoms with Crippen LogP contribution in [0.4, 0.5) is 5.82 Å². The Morgan fingerprint density at radius 3 is 2.22 bits per heavy atom. The number of hydrogen-bond acceptors (Lipinski definition) is 3. The monoisotopic (exact) mass is 357 g/mol. The van der Waals surface area contributed by atoms with E-state index >= 15 is 0 Å². The molecule has 1 aromatic rings. The van der Waals surface area contributed by atoms with Crippen LogP contribution in [0.1, 0.15) is 68.8 Å². The maximum Gasteiger partial charge on any atom is 0.140 e. The molecule has 4 heteroatoms. The molecule has 2 aliphatic rings. The van der Waals surface area contributed by atoms with E-state index in [1.807, 2.05) is 0 Å². The average Bonchev–Trinajstić information content (AvgIpc) is 3.18. The van der Waals surface area contributed by atoms with Gasteiger partial charge in [-0.25, -0.2) is 9.97 Å². The lowest BCUT2D eigenvalue weighted by molar-refractivity contribution is 0.339. The molecule has 18 heavy (non-hydrogen) atoms. The fourth-order valence-corrected chi connectivity index (χ4v) is 3.51. The van der Waals surface area contributed by atoms with E-state index in [1.54, 1.807) is 0 Å². The molecule has 0 radical (unpaired) electrons. The van der Waals surface area contributed by atoms with Gasteiger partial charge in [0.2, 0.25) is 0 Å². The van der Waals surface area contributed by atoms with Gasteiger partial charge in [0, 0.05) is 11.8 Å². The molecule has 0 atom stereocenters. The number of anilines is 1. The molecule has 0 amide bonds. The molecule has 1 heterocycles. The van der Waals surface area contributed by atoms with Crippen LogP contribution in [0.15, 0.2) is 0 Å². The maximum absolute atomic E-state index is 6.06. The van der Waals surface area contributed by atoms with Gasteiger partial charge in [0.05, 0.1) is 9.26 Å². The average molecular weight is 357 g/mol. The predicted molar refractivity (Wildman–Crippen MR) is 81.5 cm³/mol. The van der Waals surface area contributed by atoms with Gasteiger partial charge < -0.3 is 5.73 Å². The first-order chi connectivity index (χ1) is 8.65. The van der Waals surface area contributed by atoms with Gasteiger partial charge >= 0.3 is 0 Å². The van der Waals surface area contributed by atoms with E-state index in [1.165, 1.54) is 44.2 Å². The topological polar surface area (TPSA) is 51.8 Å². The zero-order valence-electron chi connectivity index (χ0n) is 10.8. The number of nitrogen functional groups attached to an aromatic ring is 1. The van der Waals surface area contributed by atoms with Gasteiger partial charge in [0.15, 0.2) is 0 Å². The Morgan fingerprint density at radius 1 is 1.00 bits per heavy atom. The van der Waals surface area contributed by atoms with E-state index in [9.17, 15) is 0 Å². The molecule has 0 spiro atoms. The van der Waals surface area contributed by atoms with E-state index in [0.29, 0.717) is 17.7 Å². The van der Waals surface area contributed by atoms with Crippen LogP contribution in [-0.2, 0) is 0 Å². The van der Waals surface area contributed by atoms with Crippen molar-refractivity contribution >= 4 is 28.4 Å². The van der Waals surface area contributed by atoms with Crippen molar-refractivity contribution in [3.05, 3.63) is 15.1 Å². The van der Waals surface area contributed by atoms with Crippen molar-refractivity contribution in [1.82, 2.24) is 9.97 Å². The Morgan fingerprint density at radius 2 is 1.61 bits per heavy atom. The second kappa shape index (κ2) is 4.94. The van der Waals surface area contributed by atoms with Gasteiger partial charge in [-0.3, -0.25) is 0 Å². The molecular formula is C14H20IN3. The van der Waals surface area contributed by atoms with Crippen molar-refractivity contribution in [2.24, 2.45) is 5.92 Å². The van der Waals surface area contributed by atoms with Crippen LogP contribution in [-0.4, -0.2) is 9.97 Å². The summed E-state index contributed by atoms with van der Waals surface area (Å²) in [7, 11) is 0. The van der Waals surface area contributed by atoms with Crippen LogP contribution >= 0.6 is 22.6 Å². The summed E-state index contributed by atoms with van der Waals surface area (Å²) in [4.78, 5) is 9.40. The van der Waals surface area contributed by atoms with Crippen molar-refractivity contribution in [3.63, 3.8) is 0 Å². The maximum atomic E-state index is 6.06. The molecule has 3 nitrogen and oxygen atoms in total. The van der Waals surface area contributed by atoms with Gasteiger partial charge in [-0.05, 0) is 54.2 Å². The number of nitrogens with two attached hydrogens (primary N) is 1. The molecule has 0 aliphatic heterocycles. The first kappa shape index (κ1) is 12.6. The molecule has 0 unspecified atom stereocenters. The van der Waals surface area contributed by atoms with Crippen LogP contribution < -0.4 is 5.73 Å². The summed E-state index contributed by atoms with van der Waals surface area (Å²) in [5.74, 6) is 3.77. The lowest BCUT2D eigenvalue weighted by Gasteiger charge is -2.25. The normalized spacial score (nSPS) is 28.3. The Labute approximate surface area is 122 Å². The molecule has 3 rings (SSSR count). The summed E-state index contributed by atoms with van der Waals surface area (Å²) >= 11 is 2.30. The summed E-state index contributed by atoms with van der Waals surface area (Å²) in [6.07, 6.45) is 7.61. The third-order valence-electron chi connectivity index (χ3n) is 4.26. The highest BCUT2D eigenvalue weighted by Gasteiger charge is 2.30. The molecule has 0 bridgehead atoms. The number of nitrogens with zero attached hydrogens (tertiary/aromatic N) is 2. The molecule has 2 aliphatic carbocycles. The Bertz CT molecular complexity index is 449. The minimum atomic E-state index is 0.540. The Balaban J connectivity index is 1.87. The fraction of sp³-hybridized carbons (Fsp3) is 0.714. The lowest BCUT2D eigenvalue weighted by atomic mass is 9.82. The summed E-state index contributed by atoms with van der Waals surface area (Å²) < 4.78 is 1.09. The first-order valence-electron chi connectivity index (χ1n) is 6.98. The number of hydrogen-bond donors (Lipinski definition) is 1. The molecule has 2 fully saturated rings. The number of rotatable bonds is 2. The highest BCUT2D eigenvalue weighted by Crippen LogP contribution is 2.43. The van der Waals surface area contributed by atoms with Crippen molar-refractivity contribution in [2.75, 3.05) is 5.73 Å². The Hall–Kier alpha value is -0.390. The molecule has 2 N–H and O–H groups in total. The largest absolute Gasteiger partial charge is 0.383 e. The molecule has 98 valence electrons.